The number of hydrogen-bond acceptors (Lipinski definition) is 4. The number of rotatable bonds is 9. The van der Waals surface area contributed by atoms with Gasteiger partial charge in [-0.25, -0.2) is 8.42 Å². The number of nitrogens with zero attached hydrogens (tertiary/aromatic N) is 1. The second kappa shape index (κ2) is 9.31. The molecular weight excluding hydrogens is 338 g/mol. The molecule has 0 aromatic heterocycles. The fraction of sp³-hybridized carbons (Fsp3) is 0.611. The Morgan fingerprint density at radius 1 is 1.20 bits per heavy atom. The third-order valence-corrected chi connectivity index (χ3v) is 6.34. The maximum absolute atomic E-state index is 12.5. The number of benzene rings is 1. The van der Waals surface area contributed by atoms with Crippen LogP contribution in [-0.2, 0) is 21.2 Å². The van der Waals surface area contributed by atoms with E-state index in [9.17, 15) is 13.2 Å². The van der Waals surface area contributed by atoms with Crippen LogP contribution in [0.1, 0.15) is 38.7 Å². The molecule has 6 nitrogen and oxygen atoms in total. The van der Waals surface area contributed by atoms with Gasteiger partial charge in [-0.2, -0.15) is 4.31 Å². The SMILES string of the molecule is CCN[C@H](C)CNC(=O)CCc1ccc(S(=O)(=O)N2CCCC2)cc1. The van der Waals surface area contributed by atoms with E-state index in [0.717, 1.165) is 24.9 Å². The number of aryl methyl sites for hydroxylation is 1. The van der Waals surface area contributed by atoms with Gasteiger partial charge in [0.15, 0.2) is 0 Å². The fourth-order valence-corrected chi connectivity index (χ4v) is 4.46. The number of carbonyl (C=O) groups is 1. The van der Waals surface area contributed by atoms with Crippen molar-refractivity contribution < 1.29 is 13.2 Å². The van der Waals surface area contributed by atoms with E-state index >= 15 is 0 Å². The summed E-state index contributed by atoms with van der Waals surface area (Å²) in [6, 6.07) is 7.15. The Bertz CT molecular complexity index is 653. The summed E-state index contributed by atoms with van der Waals surface area (Å²) >= 11 is 0. The molecule has 0 aliphatic carbocycles. The fourth-order valence-electron chi connectivity index (χ4n) is 2.94. The maximum Gasteiger partial charge on any atom is 0.243 e. The first-order chi connectivity index (χ1) is 11.9. The lowest BCUT2D eigenvalue weighted by molar-refractivity contribution is -0.121. The van der Waals surface area contributed by atoms with Gasteiger partial charge in [0.05, 0.1) is 4.90 Å². The molecule has 1 aromatic carbocycles. The van der Waals surface area contributed by atoms with Gasteiger partial charge in [0.1, 0.15) is 0 Å². The molecule has 2 N–H and O–H groups in total. The van der Waals surface area contributed by atoms with Crippen molar-refractivity contribution in [2.24, 2.45) is 0 Å². The van der Waals surface area contributed by atoms with Crippen molar-refractivity contribution >= 4 is 15.9 Å². The van der Waals surface area contributed by atoms with E-state index in [1.807, 2.05) is 13.8 Å². The van der Waals surface area contributed by atoms with Crippen molar-refractivity contribution in [3.63, 3.8) is 0 Å². The third kappa shape index (κ3) is 5.80. The third-order valence-electron chi connectivity index (χ3n) is 4.42. The van der Waals surface area contributed by atoms with E-state index < -0.39 is 10.0 Å². The maximum atomic E-state index is 12.5. The molecule has 1 aliphatic rings. The lowest BCUT2D eigenvalue weighted by atomic mass is 10.1. The number of sulfonamides is 1. The number of likely N-dealkylation sites (N-methyl/N-ethyl adjacent to an activating group) is 1. The predicted octanol–water partition coefficient (Wildman–Crippen LogP) is 1.52. The Morgan fingerprint density at radius 2 is 1.84 bits per heavy atom. The van der Waals surface area contributed by atoms with Crippen molar-refractivity contribution in [3.05, 3.63) is 29.8 Å². The predicted molar refractivity (Wildman–Crippen MR) is 98.9 cm³/mol. The van der Waals surface area contributed by atoms with Crippen LogP contribution in [0.2, 0.25) is 0 Å². The minimum atomic E-state index is -3.36. The molecule has 0 unspecified atom stereocenters. The van der Waals surface area contributed by atoms with Crippen LogP contribution in [0.25, 0.3) is 0 Å². The van der Waals surface area contributed by atoms with E-state index in [2.05, 4.69) is 10.6 Å². The van der Waals surface area contributed by atoms with Gasteiger partial charge >= 0.3 is 0 Å². The first-order valence-corrected chi connectivity index (χ1v) is 10.5. The zero-order chi connectivity index (χ0) is 18.3. The Hall–Kier alpha value is -1.44. The second-order valence-corrected chi connectivity index (χ2v) is 8.46. The van der Waals surface area contributed by atoms with E-state index in [1.54, 1.807) is 28.6 Å². The molecule has 0 bridgehead atoms. The zero-order valence-corrected chi connectivity index (χ0v) is 15.9. The van der Waals surface area contributed by atoms with Crippen LogP contribution in [0.3, 0.4) is 0 Å². The van der Waals surface area contributed by atoms with E-state index in [0.29, 0.717) is 37.4 Å². The number of hydrogen-bond donors (Lipinski definition) is 2. The van der Waals surface area contributed by atoms with Crippen LogP contribution < -0.4 is 10.6 Å². The normalized spacial score (nSPS) is 16.7. The molecule has 7 heteroatoms. The summed E-state index contributed by atoms with van der Waals surface area (Å²) in [6.45, 7) is 6.77. The molecule has 0 spiro atoms. The minimum Gasteiger partial charge on any atom is -0.355 e. The summed E-state index contributed by atoms with van der Waals surface area (Å²) in [4.78, 5) is 12.2. The summed E-state index contributed by atoms with van der Waals surface area (Å²) in [5.74, 6) is 0.0125. The van der Waals surface area contributed by atoms with Gasteiger partial charge < -0.3 is 10.6 Å². The van der Waals surface area contributed by atoms with Crippen LogP contribution >= 0.6 is 0 Å². The van der Waals surface area contributed by atoms with Crippen molar-refractivity contribution in [2.75, 3.05) is 26.2 Å². The molecule has 0 saturated carbocycles. The standard InChI is InChI=1S/C18H29N3O3S/c1-3-19-15(2)14-20-18(22)11-8-16-6-9-17(10-7-16)25(23,24)21-12-4-5-13-21/h6-7,9-10,15,19H,3-5,8,11-14H2,1-2H3,(H,20,22)/t15-/m1/s1. The van der Waals surface area contributed by atoms with Gasteiger partial charge in [0, 0.05) is 32.1 Å². The van der Waals surface area contributed by atoms with Gasteiger partial charge in [-0.15, -0.1) is 0 Å². The molecular formula is C18H29N3O3S. The summed E-state index contributed by atoms with van der Waals surface area (Å²) in [7, 11) is -3.36. The first kappa shape index (κ1) is 19.9. The average Bonchev–Trinajstić information content (AvgIpc) is 3.14. The molecule has 1 saturated heterocycles. The van der Waals surface area contributed by atoms with Gasteiger partial charge in [0.2, 0.25) is 15.9 Å². The molecule has 1 aromatic rings. The molecule has 25 heavy (non-hydrogen) atoms. The second-order valence-electron chi connectivity index (χ2n) is 6.52. The van der Waals surface area contributed by atoms with Crippen molar-refractivity contribution in [1.82, 2.24) is 14.9 Å². The van der Waals surface area contributed by atoms with Gasteiger partial charge in [-0.3, -0.25) is 4.79 Å². The van der Waals surface area contributed by atoms with Crippen molar-refractivity contribution in [3.8, 4) is 0 Å². The number of nitrogens with one attached hydrogen (secondary N) is 2. The molecule has 1 amide bonds. The minimum absolute atomic E-state index is 0.0125. The lowest BCUT2D eigenvalue weighted by Crippen LogP contribution is -2.38. The largest absolute Gasteiger partial charge is 0.355 e. The Labute approximate surface area is 151 Å². The average molecular weight is 368 g/mol. The summed E-state index contributed by atoms with van der Waals surface area (Å²) in [5.41, 5.74) is 0.968. The van der Waals surface area contributed by atoms with Gasteiger partial charge in [0.25, 0.3) is 0 Å². The molecule has 1 atom stereocenters. The van der Waals surface area contributed by atoms with Crippen LogP contribution in [0.5, 0.6) is 0 Å². The lowest BCUT2D eigenvalue weighted by Gasteiger charge is -2.15. The highest BCUT2D eigenvalue weighted by Crippen LogP contribution is 2.21. The number of amides is 1. The molecule has 140 valence electrons. The Morgan fingerprint density at radius 3 is 2.44 bits per heavy atom. The smallest absolute Gasteiger partial charge is 0.243 e. The quantitative estimate of drug-likeness (QED) is 0.694. The summed E-state index contributed by atoms with van der Waals surface area (Å²) in [6.07, 6.45) is 2.86. The molecule has 1 heterocycles. The van der Waals surface area contributed by atoms with Crippen LogP contribution in [0, 0.1) is 0 Å². The highest BCUT2D eigenvalue weighted by Gasteiger charge is 2.26. The Kier molecular flexibility index (Phi) is 7.40. The topological polar surface area (TPSA) is 78.5 Å². The summed E-state index contributed by atoms with van der Waals surface area (Å²) in [5, 5.41) is 6.15. The van der Waals surface area contributed by atoms with E-state index in [-0.39, 0.29) is 11.9 Å². The van der Waals surface area contributed by atoms with Crippen LogP contribution in [0.4, 0.5) is 0 Å². The molecule has 1 aliphatic heterocycles. The number of carbonyl (C=O) groups excluding carboxylic acids is 1. The monoisotopic (exact) mass is 367 g/mol. The summed E-state index contributed by atoms with van der Waals surface area (Å²) < 4.78 is 26.5. The zero-order valence-electron chi connectivity index (χ0n) is 15.1. The van der Waals surface area contributed by atoms with Crippen LogP contribution in [-0.4, -0.2) is 50.9 Å². The molecule has 2 rings (SSSR count). The highest BCUT2D eigenvalue weighted by atomic mass is 32.2. The molecule has 0 radical (unpaired) electrons. The van der Waals surface area contributed by atoms with Gasteiger partial charge in [-0.1, -0.05) is 19.1 Å². The van der Waals surface area contributed by atoms with Gasteiger partial charge in [-0.05, 0) is 50.4 Å². The van der Waals surface area contributed by atoms with Crippen molar-refractivity contribution in [2.45, 2.75) is 50.5 Å². The highest BCUT2D eigenvalue weighted by molar-refractivity contribution is 7.89. The van der Waals surface area contributed by atoms with Crippen molar-refractivity contribution in [1.29, 1.82) is 0 Å². The van der Waals surface area contributed by atoms with E-state index in [1.165, 1.54) is 0 Å². The first-order valence-electron chi connectivity index (χ1n) is 9.02. The van der Waals surface area contributed by atoms with Crippen LogP contribution in [0.15, 0.2) is 29.2 Å². The molecule has 1 fully saturated rings. The Balaban J connectivity index is 1.83. The van der Waals surface area contributed by atoms with E-state index in [4.69, 9.17) is 0 Å².